The standard InChI is InChI=1S/C20H26ClN5O/c1-3-25(4-2)18(27)13-26-11-5-6-17(26)19-16(12-23-20(22)24-19)14-7-9-15(21)10-8-14/h7-10,12,17H,3-6,11,13H2,1-2H3,(H2,22,23,24)/t17-/m0/s1. The van der Waals surface area contributed by atoms with E-state index in [1.165, 1.54) is 0 Å². The maximum Gasteiger partial charge on any atom is 0.236 e. The number of hydrogen-bond donors (Lipinski definition) is 1. The molecule has 0 radical (unpaired) electrons. The van der Waals surface area contributed by atoms with Crippen molar-refractivity contribution in [1.29, 1.82) is 0 Å². The molecule has 7 heteroatoms. The molecular weight excluding hydrogens is 362 g/mol. The Balaban J connectivity index is 1.91. The fourth-order valence-corrected chi connectivity index (χ4v) is 3.82. The molecule has 2 aromatic rings. The number of carbonyl (C=O) groups is 1. The van der Waals surface area contributed by atoms with Gasteiger partial charge in [0.2, 0.25) is 11.9 Å². The molecule has 1 saturated heterocycles. The van der Waals surface area contributed by atoms with Crippen LogP contribution >= 0.6 is 11.6 Å². The highest BCUT2D eigenvalue weighted by Gasteiger charge is 2.31. The highest BCUT2D eigenvalue weighted by molar-refractivity contribution is 6.30. The number of nitrogens with zero attached hydrogens (tertiary/aromatic N) is 4. The van der Waals surface area contributed by atoms with Gasteiger partial charge in [-0.15, -0.1) is 0 Å². The van der Waals surface area contributed by atoms with Crippen molar-refractivity contribution in [1.82, 2.24) is 19.8 Å². The molecule has 0 saturated carbocycles. The lowest BCUT2D eigenvalue weighted by Crippen LogP contribution is -2.40. The second-order valence-electron chi connectivity index (χ2n) is 6.73. The van der Waals surface area contributed by atoms with E-state index in [9.17, 15) is 4.79 Å². The molecule has 0 bridgehead atoms. The summed E-state index contributed by atoms with van der Waals surface area (Å²) in [6.07, 6.45) is 3.74. The Hall–Kier alpha value is -2.18. The molecular formula is C20H26ClN5O. The fraction of sp³-hybridized carbons (Fsp3) is 0.450. The summed E-state index contributed by atoms with van der Waals surface area (Å²) in [5.74, 6) is 0.409. The summed E-state index contributed by atoms with van der Waals surface area (Å²) < 4.78 is 0. The third-order valence-corrected chi connectivity index (χ3v) is 5.38. The van der Waals surface area contributed by atoms with Crippen molar-refractivity contribution in [3.8, 4) is 11.1 Å². The summed E-state index contributed by atoms with van der Waals surface area (Å²) >= 11 is 6.03. The monoisotopic (exact) mass is 387 g/mol. The highest BCUT2D eigenvalue weighted by atomic mass is 35.5. The first kappa shape index (κ1) is 19.6. The second kappa shape index (κ2) is 8.67. The van der Waals surface area contributed by atoms with E-state index >= 15 is 0 Å². The number of likely N-dealkylation sites (N-methyl/N-ethyl adjacent to an activating group) is 1. The smallest absolute Gasteiger partial charge is 0.236 e. The van der Waals surface area contributed by atoms with E-state index in [1.54, 1.807) is 6.20 Å². The van der Waals surface area contributed by atoms with Gasteiger partial charge in [0.05, 0.1) is 18.3 Å². The molecule has 2 N–H and O–H groups in total. The van der Waals surface area contributed by atoms with Crippen LogP contribution in [0.25, 0.3) is 11.1 Å². The zero-order chi connectivity index (χ0) is 19.4. The van der Waals surface area contributed by atoms with Crippen LogP contribution in [0.3, 0.4) is 0 Å². The minimum atomic E-state index is 0.0560. The van der Waals surface area contributed by atoms with E-state index in [-0.39, 0.29) is 17.9 Å². The molecule has 1 atom stereocenters. The largest absolute Gasteiger partial charge is 0.368 e. The van der Waals surface area contributed by atoms with Crippen LogP contribution < -0.4 is 5.73 Å². The lowest BCUT2D eigenvalue weighted by Gasteiger charge is -2.28. The van der Waals surface area contributed by atoms with Crippen molar-refractivity contribution in [2.75, 3.05) is 31.9 Å². The molecule has 144 valence electrons. The van der Waals surface area contributed by atoms with E-state index < -0.39 is 0 Å². The molecule has 6 nitrogen and oxygen atoms in total. The van der Waals surface area contributed by atoms with Gasteiger partial charge in [0.15, 0.2) is 0 Å². The van der Waals surface area contributed by atoms with Gasteiger partial charge in [-0.2, -0.15) is 0 Å². The van der Waals surface area contributed by atoms with Crippen LogP contribution in [-0.2, 0) is 4.79 Å². The van der Waals surface area contributed by atoms with E-state index in [4.69, 9.17) is 17.3 Å². The SMILES string of the molecule is CCN(CC)C(=O)CN1CCC[C@H]1c1nc(N)ncc1-c1ccc(Cl)cc1. The highest BCUT2D eigenvalue weighted by Crippen LogP contribution is 2.36. The Labute approximate surface area is 165 Å². The molecule has 1 amide bonds. The van der Waals surface area contributed by atoms with Crippen molar-refractivity contribution in [2.24, 2.45) is 0 Å². The zero-order valence-electron chi connectivity index (χ0n) is 15.9. The van der Waals surface area contributed by atoms with Crippen LogP contribution in [0.1, 0.15) is 38.4 Å². The van der Waals surface area contributed by atoms with Crippen molar-refractivity contribution in [3.63, 3.8) is 0 Å². The lowest BCUT2D eigenvalue weighted by atomic mass is 10.00. The third kappa shape index (κ3) is 4.39. The van der Waals surface area contributed by atoms with Crippen LogP contribution in [0.2, 0.25) is 5.02 Å². The van der Waals surface area contributed by atoms with Crippen LogP contribution in [0.15, 0.2) is 30.5 Å². The predicted molar refractivity (Wildman–Crippen MR) is 108 cm³/mol. The van der Waals surface area contributed by atoms with E-state index in [2.05, 4.69) is 14.9 Å². The molecule has 3 rings (SSSR count). The molecule has 27 heavy (non-hydrogen) atoms. The average molecular weight is 388 g/mol. The number of nitrogens with two attached hydrogens (primary N) is 1. The van der Waals surface area contributed by atoms with Gasteiger partial charge in [0.25, 0.3) is 0 Å². The zero-order valence-corrected chi connectivity index (χ0v) is 16.6. The van der Waals surface area contributed by atoms with Crippen molar-refractivity contribution >= 4 is 23.5 Å². The van der Waals surface area contributed by atoms with Crippen molar-refractivity contribution < 1.29 is 4.79 Å². The number of nitrogen functional groups attached to an aromatic ring is 1. The van der Waals surface area contributed by atoms with Gasteiger partial charge in [-0.1, -0.05) is 23.7 Å². The van der Waals surface area contributed by atoms with Gasteiger partial charge < -0.3 is 10.6 Å². The maximum absolute atomic E-state index is 12.6. The Morgan fingerprint density at radius 3 is 2.67 bits per heavy atom. The predicted octanol–water partition coefficient (Wildman–Crippen LogP) is 3.38. The molecule has 1 aromatic carbocycles. The third-order valence-electron chi connectivity index (χ3n) is 5.13. The van der Waals surface area contributed by atoms with Crippen LogP contribution in [0, 0.1) is 0 Å². The number of hydrogen-bond acceptors (Lipinski definition) is 5. The molecule has 0 spiro atoms. The van der Waals surface area contributed by atoms with E-state index in [1.807, 2.05) is 43.0 Å². The number of aromatic nitrogens is 2. The summed E-state index contributed by atoms with van der Waals surface area (Å²) in [7, 11) is 0. The summed E-state index contributed by atoms with van der Waals surface area (Å²) in [5, 5.41) is 0.684. The number of anilines is 1. The normalized spacial score (nSPS) is 17.2. The van der Waals surface area contributed by atoms with Crippen molar-refractivity contribution in [3.05, 3.63) is 41.2 Å². The van der Waals surface area contributed by atoms with Gasteiger partial charge in [0, 0.05) is 29.9 Å². The molecule has 1 aliphatic heterocycles. The molecule has 1 aliphatic rings. The Morgan fingerprint density at radius 1 is 1.30 bits per heavy atom. The minimum Gasteiger partial charge on any atom is -0.368 e. The number of halogens is 1. The summed E-state index contributed by atoms with van der Waals surface area (Å²) in [6, 6.07) is 7.68. The first-order chi connectivity index (χ1) is 13.0. The maximum atomic E-state index is 12.6. The van der Waals surface area contributed by atoms with E-state index in [0.29, 0.717) is 11.6 Å². The Kier molecular flexibility index (Phi) is 6.29. The molecule has 1 fully saturated rings. The topological polar surface area (TPSA) is 75.4 Å². The minimum absolute atomic E-state index is 0.0560. The summed E-state index contributed by atoms with van der Waals surface area (Å²) in [4.78, 5) is 25.4. The van der Waals surface area contributed by atoms with E-state index in [0.717, 1.165) is 49.3 Å². The molecule has 0 unspecified atom stereocenters. The number of likely N-dealkylation sites (tertiary alicyclic amines) is 1. The number of carbonyl (C=O) groups excluding carboxylic acids is 1. The number of rotatable bonds is 6. The Bertz CT molecular complexity index is 791. The Morgan fingerprint density at radius 2 is 2.00 bits per heavy atom. The van der Waals surface area contributed by atoms with Gasteiger partial charge >= 0.3 is 0 Å². The lowest BCUT2D eigenvalue weighted by molar-refractivity contribution is -0.132. The first-order valence-electron chi connectivity index (χ1n) is 9.43. The second-order valence-corrected chi connectivity index (χ2v) is 7.16. The van der Waals surface area contributed by atoms with Gasteiger partial charge in [0.1, 0.15) is 0 Å². The fourth-order valence-electron chi connectivity index (χ4n) is 3.69. The molecule has 0 aliphatic carbocycles. The van der Waals surface area contributed by atoms with Crippen LogP contribution in [0.5, 0.6) is 0 Å². The van der Waals surface area contributed by atoms with Gasteiger partial charge in [-0.05, 0) is 50.9 Å². The van der Waals surface area contributed by atoms with Gasteiger partial charge in [-0.25, -0.2) is 9.97 Å². The summed E-state index contributed by atoms with van der Waals surface area (Å²) in [5.41, 5.74) is 8.72. The number of amides is 1. The quantitative estimate of drug-likeness (QED) is 0.822. The number of benzene rings is 1. The first-order valence-corrected chi connectivity index (χ1v) is 9.81. The summed E-state index contributed by atoms with van der Waals surface area (Å²) in [6.45, 7) is 6.74. The molecule has 1 aromatic heterocycles. The van der Waals surface area contributed by atoms with Crippen LogP contribution in [-0.4, -0.2) is 51.9 Å². The molecule has 2 heterocycles. The van der Waals surface area contributed by atoms with Crippen molar-refractivity contribution in [2.45, 2.75) is 32.7 Å². The average Bonchev–Trinajstić information content (AvgIpc) is 3.11. The van der Waals surface area contributed by atoms with Crippen LogP contribution in [0.4, 0.5) is 5.95 Å². The van der Waals surface area contributed by atoms with Gasteiger partial charge in [-0.3, -0.25) is 9.69 Å².